The van der Waals surface area contributed by atoms with E-state index >= 15 is 0 Å². The first-order valence-corrected chi connectivity index (χ1v) is 14.5. The van der Waals surface area contributed by atoms with E-state index in [0.29, 0.717) is 52.1 Å². The first kappa shape index (κ1) is 25.1. The third-order valence-corrected chi connectivity index (χ3v) is 10.2. The lowest BCUT2D eigenvalue weighted by atomic mass is 10.2. The molecule has 5 rings (SSSR count). The van der Waals surface area contributed by atoms with Crippen molar-refractivity contribution in [2.24, 2.45) is 0 Å². The summed E-state index contributed by atoms with van der Waals surface area (Å²) in [5.41, 5.74) is 1.19. The standard InChI is InChI=1S/C23H22Cl3N3O4S2/c24-14-11-16(25)20-19(12-14)34-22(21(20)26)23(30)27-17-13-15(3-4-18(17)28-5-1-2-6-28)35(31,32)29-7-9-33-10-8-29/h3-4,11-13H,1-2,5-10H2,(H,27,30). The van der Waals surface area contributed by atoms with E-state index in [-0.39, 0.29) is 14.8 Å². The number of anilines is 2. The average Bonchev–Trinajstić information content (AvgIpc) is 3.48. The Kier molecular flexibility index (Phi) is 7.20. The Hall–Kier alpha value is -1.59. The van der Waals surface area contributed by atoms with Gasteiger partial charge in [-0.05, 0) is 43.2 Å². The van der Waals surface area contributed by atoms with E-state index in [1.165, 1.54) is 21.7 Å². The normalized spacial score (nSPS) is 17.3. The predicted molar refractivity (Wildman–Crippen MR) is 142 cm³/mol. The van der Waals surface area contributed by atoms with Crippen LogP contribution in [0.2, 0.25) is 15.1 Å². The Labute approximate surface area is 222 Å². The van der Waals surface area contributed by atoms with Crippen molar-refractivity contribution in [1.29, 1.82) is 0 Å². The predicted octanol–water partition coefficient (Wildman–Crippen LogP) is 5.73. The van der Waals surface area contributed by atoms with Gasteiger partial charge in [0.1, 0.15) is 4.88 Å². The van der Waals surface area contributed by atoms with Gasteiger partial charge in [-0.25, -0.2) is 8.42 Å². The number of hydrogen-bond donors (Lipinski definition) is 1. The second-order valence-corrected chi connectivity index (χ2v) is 12.6. The van der Waals surface area contributed by atoms with Crippen LogP contribution in [0.5, 0.6) is 0 Å². The number of amides is 1. The van der Waals surface area contributed by atoms with Gasteiger partial charge in [0.05, 0.1) is 39.5 Å². The number of carbonyl (C=O) groups excluding carboxylic acids is 1. The number of morpholine rings is 1. The van der Waals surface area contributed by atoms with Gasteiger partial charge in [-0.3, -0.25) is 4.79 Å². The lowest BCUT2D eigenvalue weighted by molar-refractivity contribution is 0.0730. The van der Waals surface area contributed by atoms with Gasteiger partial charge in [0.2, 0.25) is 10.0 Å². The summed E-state index contributed by atoms with van der Waals surface area (Å²) in [6.07, 6.45) is 2.06. The van der Waals surface area contributed by atoms with Crippen LogP contribution in [0.25, 0.3) is 10.1 Å². The van der Waals surface area contributed by atoms with Crippen LogP contribution in [0, 0.1) is 0 Å². The summed E-state index contributed by atoms with van der Waals surface area (Å²) < 4.78 is 33.9. The van der Waals surface area contributed by atoms with Crippen molar-refractivity contribution in [1.82, 2.24) is 4.31 Å². The van der Waals surface area contributed by atoms with E-state index in [0.717, 1.165) is 31.6 Å². The van der Waals surface area contributed by atoms with Crippen molar-refractivity contribution in [2.75, 3.05) is 49.6 Å². The number of sulfonamides is 1. The largest absolute Gasteiger partial charge is 0.379 e. The van der Waals surface area contributed by atoms with Gasteiger partial charge in [-0.1, -0.05) is 34.8 Å². The zero-order chi connectivity index (χ0) is 24.7. The fourth-order valence-corrected chi connectivity index (χ4v) is 8.09. The molecule has 2 aliphatic heterocycles. The van der Waals surface area contributed by atoms with Gasteiger partial charge < -0.3 is 15.0 Å². The molecule has 12 heteroatoms. The number of ether oxygens (including phenoxy) is 1. The highest BCUT2D eigenvalue weighted by molar-refractivity contribution is 7.89. The monoisotopic (exact) mass is 573 g/mol. The van der Waals surface area contributed by atoms with Crippen LogP contribution >= 0.6 is 46.1 Å². The molecular formula is C23H22Cl3N3O4S2. The van der Waals surface area contributed by atoms with E-state index < -0.39 is 15.9 Å². The molecule has 2 fully saturated rings. The quantitative estimate of drug-likeness (QED) is 0.421. The zero-order valence-electron chi connectivity index (χ0n) is 18.5. The fraction of sp³-hybridized carbons (Fsp3) is 0.348. The molecule has 1 N–H and O–H groups in total. The van der Waals surface area contributed by atoms with E-state index in [2.05, 4.69) is 10.2 Å². The van der Waals surface area contributed by atoms with E-state index in [1.807, 2.05) is 0 Å². The van der Waals surface area contributed by atoms with Gasteiger partial charge in [0.15, 0.2) is 0 Å². The van der Waals surface area contributed by atoms with Crippen molar-refractivity contribution in [3.8, 4) is 0 Å². The Morgan fingerprint density at radius 3 is 2.43 bits per heavy atom. The summed E-state index contributed by atoms with van der Waals surface area (Å²) in [5.74, 6) is -0.440. The number of nitrogens with one attached hydrogen (secondary N) is 1. The molecule has 0 radical (unpaired) electrons. The van der Waals surface area contributed by atoms with Crippen molar-refractivity contribution in [3.05, 3.63) is 50.3 Å². The number of hydrogen-bond acceptors (Lipinski definition) is 6. The molecule has 2 saturated heterocycles. The lowest BCUT2D eigenvalue weighted by Crippen LogP contribution is -2.40. The second kappa shape index (κ2) is 10.0. The summed E-state index contributed by atoms with van der Waals surface area (Å²) in [5, 5.41) is 4.54. The third kappa shape index (κ3) is 4.87. The maximum Gasteiger partial charge on any atom is 0.267 e. The molecule has 3 aromatic rings. The molecule has 0 saturated carbocycles. The summed E-state index contributed by atoms with van der Waals surface area (Å²) in [6, 6.07) is 8.18. The number of nitrogens with zero attached hydrogens (tertiary/aromatic N) is 2. The molecule has 2 aromatic carbocycles. The van der Waals surface area contributed by atoms with Gasteiger partial charge in [0.25, 0.3) is 5.91 Å². The number of carbonyl (C=O) groups is 1. The summed E-state index contributed by atoms with van der Waals surface area (Å²) in [7, 11) is -3.74. The third-order valence-electron chi connectivity index (χ3n) is 6.13. The van der Waals surface area contributed by atoms with Gasteiger partial charge >= 0.3 is 0 Å². The molecule has 35 heavy (non-hydrogen) atoms. The van der Waals surface area contributed by atoms with Crippen molar-refractivity contribution in [2.45, 2.75) is 17.7 Å². The molecule has 0 unspecified atom stereocenters. The number of thiophene rings is 1. The smallest absolute Gasteiger partial charge is 0.267 e. The van der Waals surface area contributed by atoms with E-state index in [4.69, 9.17) is 39.5 Å². The van der Waals surface area contributed by atoms with Crippen LogP contribution in [-0.4, -0.2) is 58.0 Å². The topological polar surface area (TPSA) is 79.0 Å². The average molecular weight is 575 g/mol. The van der Waals surface area contributed by atoms with Crippen molar-refractivity contribution < 1.29 is 17.9 Å². The van der Waals surface area contributed by atoms with E-state index in [1.54, 1.807) is 24.3 Å². The van der Waals surface area contributed by atoms with Gasteiger partial charge in [-0.15, -0.1) is 11.3 Å². The Bertz CT molecular complexity index is 1400. The Morgan fingerprint density at radius 2 is 1.71 bits per heavy atom. The van der Waals surface area contributed by atoms with Crippen molar-refractivity contribution >= 4 is 83.5 Å². The summed E-state index contributed by atoms with van der Waals surface area (Å²) >= 11 is 20.2. The lowest BCUT2D eigenvalue weighted by Gasteiger charge is -2.27. The second-order valence-electron chi connectivity index (χ2n) is 8.35. The highest BCUT2D eigenvalue weighted by atomic mass is 35.5. The molecular weight excluding hydrogens is 553 g/mol. The minimum Gasteiger partial charge on any atom is -0.379 e. The summed E-state index contributed by atoms with van der Waals surface area (Å²) in [4.78, 5) is 15.9. The minimum atomic E-state index is -3.74. The van der Waals surface area contributed by atoms with E-state index in [9.17, 15) is 13.2 Å². The first-order chi connectivity index (χ1) is 16.8. The molecule has 186 valence electrons. The van der Waals surface area contributed by atoms with Crippen LogP contribution in [-0.2, 0) is 14.8 Å². The van der Waals surface area contributed by atoms with Gasteiger partial charge in [0, 0.05) is 41.3 Å². The number of fused-ring (bicyclic) bond motifs is 1. The fourth-order valence-electron chi connectivity index (χ4n) is 4.38. The van der Waals surface area contributed by atoms with Gasteiger partial charge in [-0.2, -0.15) is 4.31 Å². The SMILES string of the molecule is O=C(Nc1cc(S(=O)(=O)N2CCOCC2)ccc1N1CCCC1)c1sc2cc(Cl)cc(Cl)c2c1Cl. The Balaban J connectivity index is 1.53. The molecule has 0 atom stereocenters. The molecule has 1 aromatic heterocycles. The van der Waals surface area contributed by atoms with Crippen molar-refractivity contribution in [3.63, 3.8) is 0 Å². The Morgan fingerprint density at radius 1 is 1.00 bits per heavy atom. The highest BCUT2D eigenvalue weighted by Crippen LogP contribution is 2.42. The zero-order valence-corrected chi connectivity index (χ0v) is 22.4. The number of halogens is 3. The minimum absolute atomic E-state index is 0.120. The van der Waals surface area contributed by atoms with Crippen LogP contribution in [0.4, 0.5) is 11.4 Å². The maximum absolute atomic E-state index is 13.4. The molecule has 0 aliphatic carbocycles. The highest BCUT2D eigenvalue weighted by Gasteiger charge is 2.29. The number of rotatable bonds is 5. The molecule has 0 bridgehead atoms. The van der Waals surface area contributed by atoms with Crippen LogP contribution in [0.1, 0.15) is 22.5 Å². The van der Waals surface area contributed by atoms with Crippen LogP contribution in [0.3, 0.4) is 0 Å². The molecule has 7 nitrogen and oxygen atoms in total. The molecule has 1 amide bonds. The molecule has 2 aliphatic rings. The number of benzene rings is 2. The van der Waals surface area contributed by atoms with Crippen LogP contribution in [0.15, 0.2) is 35.2 Å². The van der Waals surface area contributed by atoms with Crippen LogP contribution < -0.4 is 10.2 Å². The summed E-state index contributed by atoms with van der Waals surface area (Å²) in [6.45, 7) is 2.95. The molecule has 0 spiro atoms. The molecule has 3 heterocycles. The first-order valence-electron chi connectivity index (χ1n) is 11.1. The maximum atomic E-state index is 13.4.